The van der Waals surface area contributed by atoms with E-state index in [1.807, 2.05) is 0 Å². The van der Waals surface area contributed by atoms with Gasteiger partial charge in [-0.15, -0.1) is 0 Å². The molecule has 106 valence electrons. The van der Waals surface area contributed by atoms with E-state index in [2.05, 4.69) is 0 Å². The van der Waals surface area contributed by atoms with Crippen LogP contribution in [0.3, 0.4) is 0 Å². The van der Waals surface area contributed by atoms with Crippen molar-refractivity contribution in [1.29, 1.82) is 0 Å². The fraction of sp³-hybridized carbons (Fsp3) is 0. The third kappa shape index (κ3) is 9.10. The van der Waals surface area contributed by atoms with Gasteiger partial charge in [-0.05, 0) is 13.7 Å². The van der Waals surface area contributed by atoms with Gasteiger partial charge in [0.05, 0.1) is 0 Å². The number of hydrogen-bond donors (Lipinski definition) is 1. The van der Waals surface area contributed by atoms with Gasteiger partial charge < -0.3 is 37.6 Å². The van der Waals surface area contributed by atoms with Crippen molar-refractivity contribution in [3.8, 4) is 0 Å². The molecule has 0 aliphatic rings. The van der Waals surface area contributed by atoms with Crippen molar-refractivity contribution in [3.05, 3.63) is 24.3 Å². The average molecular weight is 406 g/mol. The predicted octanol–water partition coefficient (Wildman–Crippen LogP) is -4.24. The Hall–Kier alpha value is 0.473. The van der Waals surface area contributed by atoms with E-state index >= 15 is 0 Å². The maximum absolute atomic E-state index is 10.7. The van der Waals surface area contributed by atoms with Gasteiger partial charge in [0.25, 0.3) is 10.1 Å². The number of hydrogen-bond acceptors (Lipinski definition) is 8. The van der Waals surface area contributed by atoms with E-state index in [-0.39, 0.29) is 26.2 Å². The van der Waals surface area contributed by atoms with Crippen LogP contribution in [-0.4, -0.2) is 13.0 Å². The average Bonchev–Trinajstić information content (AvgIpc) is 2.14. The third-order valence-corrected chi connectivity index (χ3v) is 3.48. The van der Waals surface area contributed by atoms with E-state index in [9.17, 15) is 22.8 Å². The minimum Gasteiger partial charge on any atom is -0.854 e. The normalized spacial score (nSPS) is 11.3. The van der Waals surface area contributed by atoms with Gasteiger partial charge in [0, 0.05) is 5.30 Å². The summed E-state index contributed by atoms with van der Waals surface area (Å²) in [6.07, 6.45) is 0. The molecule has 0 aromatic heterocycles. The van der Waals surface area contributed by atoms with Crippen molar-refractivity contribution in [2.24, 2.45) is 0 Å². The smallest absolute Gasteiger partial charge is 0.854 e. The predicted molar refractivity (Wildman–Crippen MR) is 50.4 cm³/mol. The van der Waals surface area contributed by atoms with Gasteiger partial charge >= 0.3 is 26.2 Å². The fourth-order valence-electron chi connectivity index (χ4n) is 0.902. The van der Waals surface area contributed by atoms with Crippen LogP contribution in [0.2, 0.25) is 0 Å². The zero-order valence-corrected chi connectivity index (χ0v) is 13.9. The van der Waals surface area contributed by atoms with Crippen LogP contribution in [-0.2, 0) is 40.9 Å². The van der Waals surface area contributed by atoms with E-state index in [0.29, 0.717) is 0 Å². The fourth-order valence-corrected chi connectivity index (χ4v) is 2.78. The maximum Gasteiger partial charge on any atom is 2.00 e. The maximum atomic E-state index is 10.7. The van der Waals surface area contributed by atoms with E-state index < -0.39 is 36.5 Å². The Kier molecular flexibility index (Phi) is 9.96. The Morgan fingerprint density at radius 2 is 1.47 bits per heavy atom. The van der Waals surface area contributed by atoms with Gasteiger partial charge in [0.15, 0.2) is 0 Å². The monoisotopic (exact) mass is 405 g/mol. The van der Waals surface area contributed by atoms with Crippen LogP contribution in [0.4, 0.5) is 0 Å². The molecular formula is C6H5O9P2SZr-3. The molecule has 1 rings (SSSR count). The van der Waals surface area contributed by atoms with Gasteiger partial charge in [-0.1, -0.05) is 18.2 Å². The van der Waals surface area contributed by atoms with Crippen LogP contribution >= 0.6 is 16.2 Å². The summed E-state index contributed by atoms with van der Waals surface area (Å²) < 4.78 is 40.5. The summed E-state index contributed by atoms with van der Waals surface area (Å²) >= 11 is 0. The van der Waals surface area contributed by atoms with E-state index in [1.54, 1.807) is 0 Å². The summed E-state index contributed by atoms with van der Waals surface area (Å²) in [4.78, 5) is 45.7. The molecule has 0 saturated heterocycles. The Balaban J connectivity index is 0. The first-order valence-corrected chi connectivity index (χ1v) is 7.94. The van der Waals surface area contributed by atoms with Crippen LogP contribution < -0.4 is 29.8 Å². The van der Waals surface area contributed by atoms with Crippen LogP contribution in [0.15, 0.2) is 29.2 Å². The van der Waals surface area contributed by atoms with Gasteiger partial charge in [0.1, 0.15) is 4.90 Å². The topological polar surface area (TPSA) is 187 Å². The first-order valence-electron chi connectivity index (χ1n) is 3.87. The quantitative estimate of drug-likeness (QED) is 0.375. The molecule has 9 nitrogen and oxygen atoms in total. The molecule has 19 heavy (non-hydrogen) atoms. The summed E-state index contributed by atoms with van der Waals surface area (Å²) in [6.45, 7) is 0. The zero-order valence-electron chi connectivity index (χ0n) is 8.83. The molecule has 1 aromatic carbocycles. The molecule has 0 spiro atoms. The van der Waals surface area contributed by atoms with Gasteiger partial charge in [-0.25, -0.2) is 0 Å². The Bertz CT molecular complexity index is 537. The molecule has 0 bridgehead atoms. The van der Waals surface area contributed by atoms with Crippen LogP contribution in [0, 0.1) is 0 Å². The molecule has 0 saturated carbocycles. The van der Waals surface area contributed by atoms with Crippen molar-refractivity contribution in [3.63, 3.8) is 0 Å². The van der Waals surface area contributed by atoms with Gasteiger partial charge in [0.2, 0.25) is 0 Å². The summed E-state index contributed by atoms with van der Waals surface area (Å²) in [5.41, 5.74) is 0. The third-order valence-electron chi connectivity index (χ3n) is 1.44. The van der Waals surface area contributed by atoms with E-state index in [0.717, 1.165) is 12.1 Å². The second kappa shape index (κ2) is 8.69. The summed E-state index contributed by atoms with van der Waals surface area (Å²) in [5.74, 6) is 0. The minimum absolute atomic E-state index is 0. The minimum atomic E-state index is -5.19. The molecule has 0 amide bonds. The molecule has 0 radical (unpaired) electrons. The van der Waals surface area contributed by atoms with Crippen LogP contribution in [0.25, 0.3) is 0 Å². The molecular weight excluding hydrogens is 401 g/mol. The van der Waals surface area contributed by atoms with Crippen molar-refractivity contribution in [2.75, 3.05) is 0 Å². The van der Waals surface area contributed by atoms with Crippen LogP contribution in [0.1, 0.15) is 0 Å². The summed E-state index contributed by atoms with van der Waals surface area (Å²) in [5, 5.41) is -0.928. The second-order valence-corrected chi connectivity index (χ2v) is 5.98. The molecule has 1 N–H and O–H groups in total. The van der Waals surface area contributed by atoms with Crippen molar-refractivity contribution in [1.82, 2.24) is 0 Å². The SMILES string of the molecule is O=P([O-])([O-])c1ccccc1S(=O)(=O)O.[O-]P([O-])[O-].[Zr+2]. The Labute approximate surface area is 129 Å². The molecule has 0 fully saturated rings. The largest absolute Gasteiger partial charge is 2.00 e. The van der Waals surface area contributed by atoms with E-state index in [4.69, 9.17) is 19.2 Å². The number of rotatable bonds is 2. The van der Waals surface area contributed by atoms with Crippen molar-refractivity contribution >= 4 is 31.6 Å². The molecule has 0 aliphatic heterocycles. The molecule has 0 heterocycles. The first-order chi connectivity index (χ1) is 7.96. The second-order valence-electron chi connectivity index (χ2n) is 2.66. The molecule has 0 unspecified atom stereocenters. The van der Waals surface area contributed by atoms with Crippen LogP contribution in [0.5, 0.6) is 0 Å². The molecule has 0 aliphatic carbocycles. The number of benzene rings is 1. The first kappa shape index (κ1) is 21.8. The molecule has 13 heteroatoms. The van der Waals surface area contributed by atoms with Crippen molar-refractivity contribution < 1.29 is 68.2 Å². The molecule has 1 aromatic rings. The van der Waals surface area contributed by atoms with Crippen molar-refractivity contribution in [2.45, 2.75) is 4.90 Å². The van der Waals surface area contributed by atoms with Gasteiger partial charge in [-0.2, -0.15) is 8.42 Å². The Morgan fingerprint density at radius 1 is 1.11 bits per heavy atom. The van der Waals surface area contributed by atoms with Gasteiger partial charge in [-0.3, -0.25) is 4.55 Å². The summed E-state index contributed by atoms with van der Waals surface area (Å²) in [6, 6.07) is 4.05. The Morgan fingerprint density at radius 3 is 1.74 bits per heavy atom. The standard InChI is InChI=1S/C6H7O6PS.O3P.Zr/c7-13(8,9)5-3-1-2-4-6(5)14(10,11)12;1-4(2)3;/h1-4H,(H2,7,8,9)(H,10,11,12);;/q;-3;+2/p-2. The summed E-state index contributed by atoms with van der Waals surface area (Å²) in [7, 11) is -13.3. The zero-order chi connectivity index (χ0) is 14.6. The van der Waals surface area contributed by atoms with E-state index in [1.165, 1.54) is 12.1 Å². The molecule has 0 atom stereocenters.